The molecule has 0 spiro atoms. The number of imidazole rings is 1. The third-order valence-electron chi connectivity index (χ3n) is 7.20. The summed E-state index contributed by atoms with van der Waals surface area (Å²) >= 11 is 0. The molecule has 3 aromatic rings. The van der Waals surface area contributed by atoms with Crippen LogP contribution in [0, 0.1) is 18.8 Å². The van der Waals surface area contributed by atoms with Crippen LogP contribution in [0.15, 0.2) is 35.3 Å². The number of fused-ring (bicyclic) bond motifs is 1. The van der Waals surface area contributed by atoms with Gasteiger partial charge in [0.15, 0.2) is 0 Å². The summed E-state index contributed by atoms with van der Waals surface area (Å²) in [6.45, 7) is 9.48. The molecule has 0 amide bonds. The maximum Gasteiger partial charge on any atom is 0.311 e. The number of aliphatic hydroxyl groups excluding tert-OH is 1. The molecule has 37 heavy (non-hydrogen) atoms. The number of carbonyl (C=O) groups excluding carboxylic acids is 1. The number of ether oxygens (including phenoxy) is 2. The second-order valence-corrected chi connectivity index (χ2v) is 10.6. The molecular weight excluding hydrogens is 470 g/mol. The molecule has 2 aromatic heterocycles. The maximum atomic E-state index is 12.5. The van der Waals surface area contributed by atoms with Gasteiger partial charge in [-0.2, -0.15) is 0 Å². The zero-order valence-corrected chi connectivity index (χ0v) is 22.6. The van der Waals surface area contributed by atoms with Crippen molar-refractivity contribution in [2.75, 3.05) is 13.2 Å². The summed E-state index contributed by atoms with van der Waals surface area (Å²) in [4.78, 5) is 29.8. The first-order chi connectivity index (χ1) is 17.6. The second kappa shape index (κ2) is 11.6. The molecule has 1 aromatic carbocycles. The number of esters is 1. The Labute approximate surface area is 218 Å². The number of aromatic nitrogens is 3. The predicted octanol–water partition coefficient (Wildman–Crippen LogP) is 4.02. The molecule has 4 rings (SSSR count). The standard InChI is InChI=1S/C29H39N3O5/c1-18(2)37-29(35)24(20(4)33)8-6-21-7-9-26-25(15-21)30-27(23-14-19(3)28(34)31(5)17-23)32(26)16-22-10-12-36-13-11-22/h7,9,14-15,17-18,20,22,24,33H,6,8,10-13,16H2,1-5H3. The molecule has 8 nitrogen and oxygen atoms in total. The van der Waals surface area contributed by atoms with E-state index < -0.39 is 12.0 Å². The van der Waals surface area contributed by atoms with Crippen LogP contribution in [0.5, 0.6) is 0 Å². The van der Waals surface area contributed by atoms with Crippen molar-refractivity contribution in [2.24, 2.45) is 18.9 Å². The number of aryl methyl sites for hydroxylation is 3. The van der Waals surface area contributed by atoms with Crippen LogP contribution in [0.2, 0.25) is 0 Å². The third kappa shape index (κ3) is 6.30. The second-order valence-electron chi connectivity index (χ2n) is 10.6. The molecule has 2 atom stereocenters. The lowest BCUT2D eigenvalue weighted by atomic mass is 9.95. The van der Waals surface area contributed by atoms with Gasteiger partial charge in [0.05, 0.1) is 29.2 Å². The Morgan fingerprint density at radius 3 is 2.59 bits per heavy atom. The Morgan fingerprint density at radius 2 is 1.95 bits per heavy atom. The van der Waals surface area contributed by atoms with Crippen LogP contribution in [-0.4, -0.2) is 50.6 Å². The quantitative estimate of drug-likeness (QED) is 0.438. The van der Waals surface area contributed by atoms with E-state index in [0.717, 1.165) is 60.6 Å². The van der Waals surface area contributed by atoms with E-state index in [1.54, 1.807) is 18.5 Å². The molecule has 0 saturated carbocycles. The zero-order valence-electron chi connectivity index (χ0n) is 22.6. The molecule has 1 aliphatic heterocycles. The van der Waals surface area contributed by atoms with Crippen molar-refractivity contribution in [1.29, 1.82) is 0 Å². The highest BCUT2D eigenvalue weighted by Crippen LogP contribution is 2.29. The Kier molecular flexibility index (Phi) is 8.49. The Balaban J connectivity index is 1.67. The van der Waals surface area contributed by atoms with E-state index in [1.807, 2.05) is 33.0 Å². The van der Waals surface area contributed by atoms with E-state index in [1.165, 1.54) is 0 Å². The number of benzene rings is 1. The molecular formula is C29H39N3O5. The van der Waals surface area contributed by atoms with Crippen molar-refractivity contribution in [3.8, 4) is 11.4 Å². The summed E-state index contributed by atoms with van der Waals surface area (Å²) in [7, 11) is 1.77. The van der Waals surface area contributed by atoms with Crippen LogP contribution >= 0.6 is 0 Å². The van der Waals surface area contributed by atoms with Crippen molar-refractivity contribution in [2.45, 2.75) is 72.1 Å². The van der Waals surface area contributed by atoms with Gasteiger partial charge in [-0.25, -0.2) is 4.98 Å². The maximum absolute atomic E-state index is 12.5. The zero-order chi connectivity index (χ0) is 26.7. The van der Waals surface area contributed by atoms with Gasteiger partial charge in [0.25, 0.3) is 5.56 Å². The van der Waals surface area contributed by atoms with Crippen LogP contribution in [0.4, 0.5) is 0 Å². The first-order valence-electron chi connectivity index (χ1n) is 13.3. The van der Waals surface area contributed by atoms with Crippen LogP contribution in [0.25, 0.3) is 22.4 Å². The summed E-state index contributed by atoms with van der Waals surface area (Å²) < 4.78 is 14.8. The summed E-state index contributed by atoms with van der Waals surface area (Å²) in [6, 6.07) is 8.16. The number of hydrogen-bond donors (Lipinski definition) is 1. The molecule has 0 bridgehead atoms. The van der Waals surface area contributed by atoms with Gasteiger partial charge < -0.3 is 23.7 Å². The third-order valence-corrected chi connectivity index (χ3v) is 7.20. The van der Waals surface area contributed by atoms with Gasteiger partial charge in [-0.15, -0.1) is 0 Å². The van der Waals surface area contributed by atoms with E-state index in [2.05, 4.69) is 22.8 Å². The number of hydrogen-bond acceptors (Lipinski definition) is 6. The monoisotopic (exact) mass is 509 g/mol. The normalized spacial score (nSPS) is 16.3. The highest BCUT2D eigenvalue weighted by atomic mass is 16.5. The van der Waals surface area contributed by atoms with E-state index in [4.69, 9.17) is 14.5 Å². The van der Waals surface area contributed by atoms with Gasteiger partial charge in [0, 0.05) is 44.1 Å². The number of aliphatic hydroxyl groups is 1. The lowest BCUT2D eigenvalue weighted by Crippen LogP contribution is -2.30. The van der Waals surface area contributed by atoms with Gasteiger partial charge in [0.1, 0.15) is 5.82 Å². The van der Waals surface area contributed by atoms with E-state index in [0.29, 0.717) is 24.3 Å². The summed E-state index contributed by atoms with van der Waals surface area (Å²) in [5.41, 5.74) is 4.56. The fraction of sp³-hybridized carbons (Fsp3) is 0.552. The summed E-state index contributed by atoms with van der Waals surface area (Å²) in [5.74, 6) is 0.407. The van der Waals surface area contributed by atoms with Crippen LogP contribution in [0.3, 0.4) is 0 Å². The van der Waals surface area contributed by atoms with Crippen LogP contribution < -0.4 is 5.56 Å². The molecule has 3 heterocycles. The summed E-state index contributed by atoms with van der Waals surface area (Å²) in [6.07, 6.45) is 3.99. The van der Waals surface area contributed by atoms with E-state index >= 15 is 0 Å². The van der Waals surface area contributed by atoms with Crippen LogP contribution in [-0.2, 0) is 34.3 Å². The topological polar surface area (TPSA) is 95.6 Å². The SMILES string of the molecule is Cc1cc(-c2nc3cc(CCC(C(=O)OC(C)C)C(C)O)ccc3n2CC2CCOCC2)cn(C)c1=O. The van der Waals surface area contributed by atoms with E-state index in [9.17, 15) is 14.7 Å². The average molecular weight is 510 g/mol. The highest BCUT2D eigenvalue weighted by Gasteiger charge is 2.26. The molecule has 200 valence electrons. The molecule has 0 aliphatic carbocycles. The largest absolute Gasteiger partial charge is 0.463 e. The van der Waals surface area contributed by atoms with Crippen molar-refractivity contribution in [1.82, 2.24) is 14.1 Å². The lowest BCUT2D eigenvalue weighted by Gasteiger charge is -2.23. The van der Waals surface area contributed by atoms with Crippen molar-refractivity contribution < 1.29 is 19.4 Å². The van der Waals surface area contributed by atoms with E-state index in [-0.39, 0.29) is 17.6 Å². The van der Waals surface area contributed by atoms with Crippen molar-refractivity contribution in [3.05, 3.63) is 51.9 Å². The predicted molar refractivity (Wildman–Crippen MR) is 143 cm³/mol. The smallest absolute Gasteiger partial charge is 0.311 e. The lowest BCUT2D eigenvalue weighted by molar-refractivity contribution is -0.156. The fourth-order valence-corrected chi connectivity index (χ4v) is 5.12. The average Bonchev–Trinajstić information content (AvgIpc) is 3.19. The molecule has 1 aliphatic rings. The van der Waals surface area contributed by atoms with Crippen molar-refractivity contribution in [3.63, 3.8) is 0 Å². The number of carbonyl (C=O) groups is 1. The Bertz CT molecular complexity index is 1270. The van der Waals surface area contributed by atoms with Gasteiger partial charge >= 0.3 is 5.97 Å². The van der Waals surface area contributed by atoms with Gasteiger partial charge in [0.2, 0.25) is 0 Å². The molecule has 1 saturated heterocycles. The Morgan fingerprint density at radius 1 is 1.22 bits per heavy atom. The molecule has 1 N–H and O–H groups in total. The van der Waals surface area contributed by atoms with Gasteiger partial charge in [-0.3, -0.25) is 9.59 Å². The molecule has 2 unspecified atom stereocenters. The van der Waals surface area contributed by atoms with Gasteiger partial charge in [-0.1, -0.05) is 6.07 Å². The molecule has 1 fully saturated rings. The minimum atomic E-state index is -0.784. The van der Waals surface area contributed by atoms with Crippen molar-refractivity contribution >= 4 is 17.0 Å². The Hall–Kier alpha value is -2.97. The number of rotatable bonds is 9. The number of pyridine rings is 1. The minimum Gasteiger partial charge on any atom is -0.463 e. The molecule has 0 radical (unpaired) electrons. The van der Waals surface area contributed by atoms with Crippen LogP contribution in [0.1, 0.15) is 51.2 Å². The summed E-state index contributed by atoms with van der Waals surface area (Å²) in [5, 5.41) is 10.2. The number of nitrogens with zero attached hydrogens (tertiary/aromatic N) is 3. The minimum absolute atomic E-state index is 0.0122. The first kappa shape index (κ1) is 27.1. The fourth-order valence-electron chi connectivity index (χ4n) is 5.12. The first-order valence-corrected chi connectivity index (χ1v) is 13.3. The van der Waals surface area contributed by atoms with Gasteiger partial charge in [-0.05, 0) is 83.1 Å². The molecule has 8 heteroatoms. The highest BCUT2D eigenvalue weighted by molar-refractivity contribution is 5.81.